The van der Waals surface area contributed by atoms with Crippen LogP contribution in [0.1, 0.15) is 6.92 Å². The van der Waals surface area contributed by atoms with Gasteiger partial charge in [0.15, 0.2) is 0 Å². The zero-order valence-corrected chi connectivity index (χ0v) is 9.53. The van der Waals surface area contributed by atoms with Crippen molar-refractivity contribution in [1.82, 2.24) is 9.97 Å². The van der Waals surface area contributed by atoms with E-state index in [1.807, 2.05) is 6.07 Å². The predicted molar refractivity (Wildman–Crippen MR) is 63.7 cm³/mol. The van der Waals surface area contributed by atoms with Crippen LogP contribution in [-0.4, -0.2) is 35.8 Å². The van der Waals surface area contributed by atoms with E-state index in [2.05, 4.69) is 33.9 Å². The Bertz CT molecular complexity index is 514. The smallest absolute Gasteiger partial charge is 0.112 e. The number of benzene rings is 1. The van der Waals surface area contributed by atoms with Gasteiger partial charge in [0.2, 0.25) is 0 Å². The average Bonchev–Trinajstić information content (AvgIpc) is 2.72. The zero-order valence-electron chi connectivity index (χ0n) is 9.53. The van der Waals surface area contributed by atoms with E-state index in [-0.39, 0.29) is 5.60 Å². The molecule has 1 aliphatic heterocycles. The van der Waals surface area contributed by atoms with Crippen LogP contribution in [0.4, 0.5) is 5.69 Å². The minimum Gasteiger partial charge on any atom is -0.375 e. The number of nitrogens with zero attached hydrogens (tertiary/aromatic N) is 2. The van der Waals surface area contributed by atoms with Crippen molar-refractivity contribution in [2.24, 2.45) is 0 Å². The summed E-state index contributed by atoms with van der Waals surface area (Å²) in [6.45, 7) is 3.99. The van der Waals surface area contributed by atoms with Gasteiger partial charge in [-0.2, -0.15) is 0 Å². The number of H-pyrrole nitrogens is 1. The minimum absolute atomic E-state index is 0.00152. The molecule has 2 heterocycles. The minimum atomic E-state index is -0.00152. The number of aromatic amines is 1. The lowest BCUT2D eigenvalue weighted by Gasteiger charge is -2.48. The Hall–Kier alpha value is -1.55. The number of anilines is 1. The van der Waals surface area contributed by atoms with Crippen molar-refractivity contribution in [1.29, 1.82) is 0 Å². The first-order valence-electron chi connectivity index (χ1n) is 5.44. The van der Waals surface area contributed by atoms with Gasteiger partial charge in [0.05, 0.1) is 23.1 Å². The number of nitrogens with one attached hydrogen (secondary N) is 1. The van der Waals surface area contributed by atoms with E-state index in [0.29, 0.717) is 0 Å². The molecule has 1 saturated heterocycles. The zero-order chi connectivity index (χ0) is 11.2. The average molecular weight is 217 g/mol. The fourth-order valence-electron chi connectivity index (χ4n) is 2.27. The molecule has 16 heavy (non-hydrogen) atoms. The number of methoxy groups -OCH3 is 1. The highest BCUT2D eigenvalue weighted by molar-refractivity contribution is 5.88. The lowest BCUT2D eigenvalue weighted by molar-refractivity contribution is -0.0166. The predicted octanol–water partition coefficient (Wildman–Crippen LogP) is 1.79. The summed E-state index contributed by atoms with van der Waals surface area (Å²) in [5.74, 6) is 0. The molecule has 1 aromatic heterocycles. The van der Waals surface area contributed by atoms with Crippen molar-refractivity contribution in [2.45, 2.75) is 12.5 Å². The number of ether oxygens (including phenoxy) is 1. The van der Waals surface area contributed by atoms with E-state index in [9.17, 15) is 0 Å². The van der Waals surface area contributed by atoms with Gasteiger partial charge < -0.3 is 14.6 Å². The number of fused-ring (bicyclic) bond motifs is 1. The second-order valence-electron chi connectivity index (χ2n) is 4.59. The molecule has 0 radical (unpaired) electrons. The summed E-state index contributed by atoms with van der Waals surface area (Å²) >= 11 is 0. The van der Waals surface area contributed by atoms with E-state index in [1.165, 1.54) is 5.69 Å². The summed E-state index contributed by atoms with van der Waals surface area (Å²) in [5, 5.41) is 0. The molecule has 0 aliphatic carbocycles. The molecule has 1 aliphatic rings. The van der Waals surface area contributed by atoms with Crippen LogP contribution in [0, 0.1) is 0 Å². The number of rotatable bonds is 2. The maximum absolute atomic E-state index is 5.45. The van der Waals surface area contributed by atoms with Gasteiger partial charge in [-0.15, -0.1) is 0 Å². The van der Waals surface area contributed by atoms with E-state index >= 15 is 0 Å². The molecule has 4 nitrogen and oxygen atoms in total. The van der Waals surface area contributed by atoms with Gasteiger partial charge in [-0.3, -0.25) is 0 Å². The number of imidazole rings is 1. The van der Waals surface area contributed by atoms with Gasteiger partial charge in [0, 0.05) is 20.2 Å². The molecule has 0 saturated carbocycles. The van der Waals surface area contributed by atoms with Crippen LogP contribution in [0.5, 0.6) is 0 Å². The molecular formula is C12H15N3O. The molecule has 2 aromatic rings. The van der Waals surface area contributed by atoms with Crippen molar-refractivity contribution in [3.63, 3.8) is 0 Å². The van der Waals surface area contributed by atoms with Gasteiger partial charge in [-0.05, 0) is 19.1 Å². The van der Waals surface area contributed by atoms with Crippen LogP contribution < -0.4 is 4.90 Å². The lowest BCUT2D eigenvalue weighted by Crippen LogP contribution is -2.61. The standard InChI is InChI=1S/C12H15N3O/c1-12(16-2)6-15(7-12)10-5-3-4-9-11(10)14-8-13-9/h3-5,8H,6-7H2,1-2H3,(H,13,14). The Labute approximate surface area is 94.2 Å². The van der Waals surface area contributed by atoms with Crippen LogP contribution in [0.15, 0.2) is 24.5 Å². The van der Waals surface area contributed by atoms with Crippen LogP contribution in [0.3, 0.4) is 0 Å². The largest absolute Gasteiger partial charge is 0.375 e. The van der Waals surface area contributed by atoms with E-state index in [1.54, 1.807) is 13.4 Å². The maximum Gasteiger partial charge on any atom is 0.112 e. The Morgan fingerprint density at radius 1 is 1.44 bits per heavy atom. The summed E-state index contributed by atoms with van der Waals surface area (Å²) in [6, 6.07) is 6.21. The molecule has 0 amide bonds. The topological polar surface area (TPSA) is 41.1 Å². The third-order valence-corrected chi connectivity index (χ3v) is 3.31. The lowest BCUT2D eigenvalue weighted by atomic mass is 9.95. The molecule has 1 N–H and O–H groups in total. The summed E-state index contributed by atoms with van der Waals surface area (Å²) in [5.41, 5.74) is 3.32. The van der Waals surface area contributed by atoms with Gasteiger partial charge in [0.25, 0.3) is 0 Å². The summed E-state index contributed by atoms with van der Waals surface area (Å²) < 4.78 is 5.45. The van der Waals surface area contributed by atoms with Crippen LogP contribution in [0.25, 0.3) is 11.0 Å². The van der Waals surface area contributed by atoms with Crippen LogP contribution >= 0.6 is 0 Å². The van der Waals surface area contributed by atoms with Gasteiger partial charge in [-0.25, -0.2) is 4.98 Å². The molecule has 0 atom stereocenters. The maximum atomic E-state index is 5.45. The van der Waals surface area contributed by atoms with E-state index in [0.717, 1.165) is 24.1 Å². The first-order chi connectivity index (χ1) is 7.72. The molecule has 84 valence electrons. The first kappa shape index (κ1) is 9.66. The third-order valence-electron chi connectivity index (χ3n) is 3.31. The summed E-state index contributed by atoms with van der Waals surface area (Å²) in [4.78, 5) is 9.78. The Morgan fingerprint density at radius 3 is 3.00 bits per heavy atom. The highest BCUT2D eigenvalue weighted by Gasteiger charge is 2.39. The highest BCUT2D eigenvalue weighted by atomic mass is 16.5. The van der Waals surface area contributed by atoms with Crippen molar-refractivity contribution in [3.8, 4) is 0 Å². The normalized spacial score (nSPS) is 18.8. The second kappa shape index (κ2) is 3.22. The molecule has 1 fully saturated rings. The van der Waals surface area contributed by atoms with Gasteiger partial charge in [0.1, 0.15) is 5.52 Å². The third kappa shape index (κ3) is 1.30. The number of para-hydroxylation sites is 1. The monoisotopic (exact) mass is 217 g/mol. The molecule has 3 rings (SSSR count). The number of aromatic nitrogens is 2. The number of hydrogen-bond acceptors (Lipinski definition) is 3. The first-order valence-corrected chi connectivity index (χ1v) is 5.44. The Kier molecular flexibility index (Phi) is 1.94. The quantitative estimate of drug-likeness (QED) is 0.833. The van der Waals surface area contributed by atoms with Gasteiger partial charge in [-0.1, -0.05) is 6.07 Å². The Morgan fingerprint density at radius 2 is 2.25 bits per heavy atom. The van der Waals surface area contributed by atoms with E-state index < -0.39 is 0 Å². The van der Waals surface area contributed by atoms with Gasteiger partial charge >= 0.3 is 0 Å². The molecule has 1 aromatic carbocycles. The highest BCUT2D eigenvalue weighted by Crippen LogP contribution is 2.33. The van der Waals surface area contributed by atoms with Crippen molar-refractivity contribution in [3.05, 3.63) is 24.5 Å². The Balaban J connectivity index is 1.94. The van der Waals surface area contributed by atoms with Crippen LogP contribution in [0.2, 0.25) is 0 Å². The fourth-order valence-corrected chi connectivity index (χ4v) is 2.27. The molecule has 0 spiro atoms. The second-order valence-corrected chi connectivity index (χ2v) is 4.59. The fraction of sp³-hybridized carbons (Fsp3) is 0.417. The van der Waals surface area contributed by atoms with Crippen LogP contribution in [-0.2, 0) is 4.74 Å². The number of hydrogen-bond donors (Lipinski definition) is 1. The molecule has 4 heteroatoms. The summed E-state index contributed by atoms with van der Waals surface area (Å²) in [7, 11) is 1.77. The molecule has 0 unspecified atom stereocenters. The summed E-state index contributed by atoms with van der Waals surface area (Å²) in [6.07, 6.45) is 1.74. The molecule has 0 bridgehead atoms. The van der Waals surface area contributed by atoms with Crippen molar-refractivity contribution < 1.29 is 4.74 Å². The SMILES string of the molecule is COC1(C)CN(c2cccc3[nH]cnc23)C1. The molecular weight excluding hydrogens is 202 g/mol. The van der Waals surface area contributed by atoms with E-state index in [4.69, 9.17) is 4.74 Å². The van der Waals surface area contributed by atoms with Crippen molar-refractivity contribution >= 4 is 16.7 Å². The van der Waals surface area contributed by atoms with Crippen molar-refractivity contribution in [2.75, 3.05) is 25.1 Å².